The lowest BCUT2D eigenvalue weighted by Crippen LogP contribution is -2.60. The van der Waals surface area contributed by atoms with Crippen LogP contribution in [0.1, 0.15) is 6.42 Å². The molecule has 0 saturated carbocycles. The van der Waals surface area contributed by atoms with Gasteiger partial charge in [-0.25, -0.2) is 0 Å². The molecule has 5 atom stereocenters. The normalized spacial score (nSPS) is 29.0. The molecule has 25 heavy (non-hydrogen) atoms. The quantitative estimate of drug-likeness (QED) is 0.229. The van der Waals surface area contributed by atoms with Crippen LogP contribution >= 0.6 is 0 Å². The third kappa shape index (κ3) is 5.03. The molecular formula is C15H19NO9. The molecule has 0 spiro atoms. The summed E-state index contributed by atoms with van der Waals surface area (Å²) >= 11 is 0. The van der Waals surface area contributed by atoms with Gasteiger partial charge in [0.1, 0.15) is 43.2 Å². The summed E-state index contributed by atoms with van der Waals surface area (Å²) < 4.78 is 15.4. The van der Waals surface area contributed by atoms with Gasteiger partial charge in [0.15, 0.2) is 0 Å². The number of carboxylic acids is 1. The molecule has 1 saturated heterocycles. The fraction of sp³-hybridized carbons (Fsp3) is 0.467. The lowest BCUT2D eigenvalue weighted by atomic mass is 9.99. The molecule has 10 nitrogen and oxygen atoms in total. The molecule has 2 rings (SSSR count). The zero-order valence-corrected chi connectivity index (χ0v) is 13.0. The molecule has 1 aromatic rings. The second-order valence-corrected chi connectivity index (χ2v) is 5.46. The number of hydrogen-bond donors (Lipinski definition) is 5. The highest BCUT2D eigenvalue weighted by Crippen LogP contribution is 2.25. The number of hydrogen-bond acceptors (Lipinski definition) is 9. The Labute approximate surface area is 142 Å². The van der Waals surface area contributed by atoms with Crippen molar-refractivity contribution >= 4 is 17.6 Å². The van der Waals surface area contributed by atoms with E-state index in [2.05, 4.69) is 0 Å². The molecule has 1 aromatic carbocycles. The number of benzene rings is 1. The van der Waals surface area contributed by atoms with Crippen LogP contribution in [0.3, 0.4) is 0 Å². The van der Waals surface area contributed by atoms with Gasteiger partial charge in [-0.2, -0.15) is 0 Å². The van der Waals surface area contributed by atoms with Crippen LogP contribution < -0.4 is 10.5 Å². The van der Waals surface area contributed by atoms with E-state index < -0.39 is 55.7 Å². The Morgan fingerprint density at radius 3 is 2.32 bits per heavy atom. The summed E-state index contributed by atoms with van der Waals surface area (Å²) in [5, 5.41) is 38.3. The lowest BCUT2D eigenvalue weighted by Gasteiger charge is -2.39. The maximum Gasteiger partial charge on any atom is 0.317 e. The van der Waals surface area contributed by atoms with Gasteiger partial charge >= 0.3 is 11.9 Å². The molecule has 0 amide bonds. The van der Waals surface area contributed by atoms with Gasteiger partial charge in [0.25, 0.3) is 0 Å². The van der Waals surface area contributed by atoms with Crippen molar-refractivity contribution in [1.82, 2.24) is 0 Å². The van der Waals surface area contributed by atoms with E-state index in [9.17, 15) is 24.9 Å². The molecular weight excluding hydrogens is 338 g/mol. The first kappa shape index (κ1) is 18.9. The number of aliphatic hydroxyl groups is 3. The summed E-state index contributed by atoms with van der Waals surface area (Å²) in [7, 11) is 0. The summed E-state index contributed by atoms with van der Waals surface area (Å²) in [6.07, 6.45) is -8.13. The van der Waals surface area contributed by atoms with Gasteiger partial charge in [-0.15, -0.1) is 0 Å². The number of ether oxygens (including phenoxy) is 3. The Balaban J connectivity index is 1.99. The predicted molar refractivity (Wildman–Crippen MR) is 81.4 cm³/mol. The molecule has 0 aliphatic carbocycles. The molecule has 1 aliphatic heterocycles. The monoisotopic (exact) mass is 357 g/mol. The molecule has 1 heterocycles. The van der Waals surface area contributed by atoms with Crippen molar-refractivity contribution in [3.8, 4) is 5.75 Å². The van der Waals surface area contributed by atoms with Gasteiger partial charge in [0.2, 0.25) is 6.29 Å². The summed E-state index contributed by atoms with van der Waals surface area (Å²) in [4.78, 5) is 21.7. The third-order valence-corrected chi connectivity index (χ3v) is 3.50. The highest BCUT2D eigenvalue weighted by Gasteiger charge is 2.45. The Bertz CT molecular complexity index is 606. The van der Waals surface area contributed by atoms with Crippen LogP contribution in [0, 0.1) is 0 Å². The molecule has 1 fully saturated rings. The van der Waals surface area contributed by atoms with E-state index in [0.717, 1.165) is 0 Å². The molecule has 6 N–H and O–H groups in total. The van der Waals surface area contributed by atoms with E-state index in [0.29, 0.717) is 11.4 Å². The first-order valence-electron chi connectivity index (χ1n) is 7.37. The number of nitrogens with two attached hydrogens (primary N) is 1. The van der Waals surface area contributed by atoms with Crippen LogP contribution in [0.4, 0.5) is 5.69 Å². The number of esters is 1. The maximum atomic E-state index is 11.3. The fourth-order valence-corrected chi connectivity index (χ4v) is 2.18. The first-order valence-corrected chi connectivity index (χ1v) is 7.37. The number of rotatable bonds is 6. The summed E-state index contributed by atoms with van der Waals surface area (Å²) in [5.74, 6) is -2.10. The maximum absolute atomic E-state index is 11.3. The van der Waals surface area contributed by atoms with Gasteiger partial charge < -0.3 is 40.4 Å². The number of carbonyl (C=O) groups excluding carboxylic acids is 1. The van der Waals surface area contributed by atoms with E-state index in [1.807, 2.05) is 0 Å². The van der Waals surface area contributed by atoms with Crippen LogP contribution in [0.2, 0.25) is 0 Å². The largest absolute Gasteiger partial charge is 0.481 e. The highest BCUT2D eigenvalue weighted by atomic mass is 16.7. The molecule has 138 valence electrons. The van der Waals surface area contributed by atoms with E-state index in [1.165, 1.54) is 12.1 Å². The zero-order chi connectivity index (χ0) is 18.6. The van der Waals surface area contributed by atoms with Crippen molar-refractivity contribution in [3.63, 3.8) is 0 Å². The number of anilines is 1. The fourth-order valence-electron chi connectivity index (χ4n) is 2.18. The third-order valence-electron chi connectivity index (χ3n) is 3.50. The van der Waals surface area contributed by atoms with Gasteiger partial charge in [-0.3, -0.25) is 9.59 Å². The minimum Gasteiger partial charge on any atom is -0.481 e. The summed E-state index contributed by atoms with van der Waals surface area (Å²) in [5.41, 5.74) is 6.05. The van der Waals surface area contributed by atoms with Crippen molar-refractivity contribution in [2.45, 2.75) is 37.1 Å². The second kappa shape index (κ2) is 8.12. The average molecular weight is 357 g/mol. The standard InChI is InChI=1S/C15H19NO9/c16-7-1-3-8(4-2-7)24-15-14(22)13(21)12(20)9(25-15)6-23-11(19)5-10(17)18/h1-4,9,12-15,20-22H,5-6,16H2,(H,17,18)/t9-,12-,13+,14+,15+/m1/s1. The Morgan fingerprint density at radius 2 is 1.72 bits per heavy atom. The Kier molecular flexibility index (Phi) is 6.15. The summed E-state index contributed by atoms with van der Waals surface area (Å²) in [6.45, 7) is -0.515. The van der Waals surface area contributed by atoms with Crippen LogP contribution in [0.25, 0.3) is 0 Å². The van der Waals surface area contributed by atoms with E-state index in [-0.39, 0.29) is 0 Å². The molecule has 10 heteroatoms. The molecule has 0 radical (unpaired) electrons. The average Bonchev–Trinajstić information content (AvgIpc) is 2.55. The Morgan fingerprint density at radius 1 is 1.08 bits per heavy atom. The second-order valence-electron chi connectivity index (χ2n) is 5.46. The van der Waals surface area contributed by atoms with Crippen LogP contribution in [0.5, 0.6) is 5.75 Å². The first-order chi connectivity index (χ1) is 11.8. The summed E-state index contributed by atoms with van der Waals surface area (Å²) in [6, 6.07) is 6.15. The van der Waals surface area contributed by atoms with Gasteiger partial charge in [-0.05, 0) is 24.3 Å². The van der Waals surface area contributed by atoms with Crippen LogP contribution in [0.15, 0.2) is 24.3 Å². The number of nitrogen functional groups attached to an aromatic ring is 1. The number of aliphatic hydroxyl groups excluding tert-OH is 3. The highest BCUT2D eigenvalue weighted by molar-refractivity contribution is 5.90. The minimum absolute atomic E-state index is 0.295. The SMILES string of the molecule is Nc1ccc(O[C@H]2O[C@H](COC(=O)CC(=O)O)[C@@H](O)[C@H](O)[C@@H]2O)cc1. The Hall–Kier alpha value is -2.40. The predicted octanol–water partition coefficient (Wildman–Crippen LogP) is -1.53. The number of carbonyl (C=O) groups is 2. The van der Waals surface area contributed by atoms with E-state index >= 15 is 0 Å². The lowest BCUT2D eigenvalue weighted by molar-refractivity contribution is -0.278. The molecule has 1 aliphatic rings. The van der Waals surface area contributed by atoms with Crippen molar-refractivity contribution in [3.05, 3.63) is 24.3 Å². The van der Waals surface area contributed by atoms with Crippen molar-refractivity contribution in [1.29, 1.82) is 0 Å². The van der Waals surface area contributed by atoms with Gasteiger partial charge in [-0.1, -0.05) is 0 Å². The van der Waals surface area contributed by atoms with E-state index in [4.69, 9.17) is 25.1 Å². The zero-order valence-electron chi connectivity index (χ0n) is 13.0. The van der Waals surface area contributed by atoms with Crippen LogP contribution in [-0.2, 0) is 19.1 Å². The topological polar surface area (TPSA) is 169 Å². The van der Waals surface area contributed by atoms with Gasteiger partial charge in [0, 0.05) is 5.69 Å². The van der Waals surface area contributed by atoms with E-state index in [1.54, 1.807) is 12.1 Å². The smallest absolute Gasteiger partial charge is 0.317 e. The molecule has 0 aromatic heterocycles. The number of aliphatic carboxylic acids is 1. The minimum atomic E-state index is -1.62. The van der Waals surface area contributed by atoms with Crippen molar-refractivity contribution in [2.24, 2.45) is 0 Å². The number of carboxylic acid groups (broad SMARTS) is 1. The van der Waals surface area contributed by atoms with Crippen molar-refractivity contribution in [2.75, 3.05) is 12.3 Å². The van der Waals surface area contributed by atoms with Crippen molar-refractivity contribution < 1.29 is 44.2 Å². The van der Waals surface area contributed by atoms with Gasteiger partial charge in [0.05, 0.1) is 0 Å². The van der Waals surface area contributed by atoms with Crippen LogP contribution in [-0.4, -0.2) is 69.7 Å². The molecule has 0 bridgehead atoms. The molecule has 0 unspecified atom stereocenters.